The minimum absolute atomic E-state index is 0.0455. The molecule has 19 heavy (non-hydrogen) atoms. The van der Waals surface area contributed by atoms with Gasteiger partial charge >= 0.3 is 0 Å². The summed E-state index contributed by atoms with van der Waals surface area (Å²) in [5.74, 6) is 0.209. The molecular weight excluding hydrogens is 240 g/mol. The van der Waals surface area contributed by atoms with Crippen LogP contribution in [-0.2, 0) is 11.3 Å². The van der Waals surface area contributed by atoms with Crippen molar-refractivity contribution >= 4 is 5.91 Å². The van der Waals surface area contributed by atoms with Crippen LogP contribution in [0.25, 0.3) is 0 Å². The third-order valence-corrected chi connectivity index (χ3v) is 3.47. The molecule has 1 amide bonds. The second kappa shape index (κ2) is 7.26. The predicted molar refractivity (Wildman–Crippen MR) is 76.7 cm³/mol. The Morgan fingerprint density at radius 1 is 1.37 bits per heavy atom. The lowest BCUT2D eigenvalue weighted by Crippen LogP contribution is -2.40. The van der Waals surface area contributed by atoms with Crippen molar-refractivity contribution in [2.75, 3.05) is 13.6 Å². The van der Waals surface area contributed by atoms with Gasteiger partial charge in [0.2, 0.25) is 0 Å². The molecule has 0 bridgehead atoms. The van der Waals surface area contributed by atoms with Gasteiger partial charge in [-0.15, -0.1) is 0 Å². The van der Waals surface area contributed by atoms with Crippen LogP contribution in [0.3, 0.4) is 0 Å². The Labute approximate surface area is 115 Å². The summed E-state index contributed by atoms with van der Waals surface area (Å²) in [6.45, 7) is 4.80. The number of aliphatic hydroxyl groups excluding tert-OH is 1. The first-order valence-corrected chi connectivity index (χ1v) is 6.71. The molecule has 1 aromatic rings. The van der Waals surface area contributed by atoms with Crippen LogP contribution in [-0.4, -0.2) is 35.6 Å². The first-order valence-electron chi connectivity index (χ1n) is 6.71. The molecule has 106 valence electrons. The zero-order valence-corrected chi connectivity index (χ0v) is 12.0. The minimum Gasteiger partial charge on any atom is -0.382 e. The van der Waals surface area contributed by atoms with Crippen molar-refractivity contribution in [1.29, 1.82) is 0 Å². The van der Waals surface area contributed by atoms with Crippen molar-refractivity contribution in [3.8, 4) is 0 Å². The van der Waals surface area contributed by atoms with Crippen LogP contribution in [0.5, 0.6) is 0 Å². The summed E-state index contributed by atoms with van der Waals surface area (Å²) < 4.78 is 0. The topological polar surface area (TPSA) is 66.6 Å². The van der Waals surface area contributed by atoms with E-state index >= 15 is 0 Å². The molecule has 0 saturated heterocycles. The highest BCUT2D eigenvalue weighted by Crippen LogP contribution is 2.19. The zero-order chi connectivity index (χ0) is 14.4. The molecule has 4 nitrogen and oxygen atoms in total. The molecule has 2 atom stereocenters. The maximum atomic E-state index is 11.7. The molecule has 0 spiro atoms. The van der Waals surface area contributed by atoms with Crippen molar-refractivity contribution in [3.05, 3.63) is 35.4 Å². The second-order valence-corrected chi connectivity index (χ2v) is 5.00. The number of amides is 1. The Balaban J connectivity index is 2.65. The Hall–Kier alpha value is -1.39. The third-order valence-electron chi connectivity index (χ3n) is 3.47. The van der Waals surface area contributed by atoms with Crippen LogP contribution in [0, 0.1) is 0 Å². The van der Waals surface area contributed by atoms with Gasteiger partial charge in [-0.2, -0.15) is 0 Å². The van der Waals surface area contributed by atoms with E-state index < -0.39 is 6.10 Å². The second-order valence-electron chi connectivity index (χ2n) is 5.00. The molecule has 0 saturated carbocycles. The number of rotatable bonds is 6. The summed E-state index contributed by atoms with van der Waals surface area (Å²) in [4.78, 5) is 13.2. The summed E-state index contributed by atoms with van der Waals surface area (Å²) in [6, 6.07) is 8.25. The molecule has 2 unspecified atom stereocenters. The summed E-state index contributed by atoms with van der Waals surface area (Å²) in [5.41, 5.74) is 7.63. The van der Waals surface area contributed by atoms with Crippen LogP contribution in [0.2, 0.25) is 0 Å². The van der Waals surface area contributed by atoms with Gasteiger partial charge in [0.25, 0.3) is 5.91 Å². The molecule has 0 aliphatic heterocycles. The number of nitrogens with zero attached hydrogens (tertiary/aromatic N) is 1. The smallest absolute Gasteiger partial charge is 0.252 e. The van der Waals surface area contributed by atoms with Gasteiger partial charge in [0.15, 0.2) is 0 Å². The lowest BCUT2D eigenvalue weighted by molar-refractivity contribution is -0.138. The normalized spacial score (nSPS) is 13.9. The van der Waals surface area contributed by atoms with Gasteiger partial charge in [-0.3, -0.25) is 4.79 Å². The standard InChI is InChI=1S/C15H24N2O2/c1-4-11(2)13-7-5-12(6-8-13)10-17(3)15(19)14(18)9-16/h5-8,11,14,18H,4,9-10,16H2,1-3H3. The molecule has 0 aliphatic rings. The van der Waals surface area contributed by atoms with Gasteiger partial charge in [0.1, 0.15) is 6.10 Å². The maximum Gasteiger partial charge on any atom is 0.252 e. The van der Waals surface area contributed by atoms with E-state index in [0.717, 1.165) is 12.0 Å². The van der Waals surface area contributed by atoms with E-state index in [2.05, 4.69) is 26.0 Å². The van der Waals surface area contributed by atoms with Crippen LogP contribution < -0.4 is 5.73 Å². The number of hydrogen-bond donors (Lipinski definition) is 2. The quantitative estimate of drug-likeness (QED) is 0.818. The molecule has 3 N–H and O–H groups in total. The van der Waals surface area contributed by atoms with E-state index in [1.807, 2.05) is 12.1 Å². The van der Waals surface area contributed by atoms with Gasteiger partial charge in [0, 0.05) is 20.1 Å². The molecule has 0 radical (unpaired) electrons. The fourth-order valence-electron chi connectivity index (χ4n) is 1.89. The van der Waals surface area contributed by atoms with Crippen molar-refractivity contribution < 1.29 is 9.90 Å². The van der Waals surface area contributed by atoms with E-state index in [1.165, 1.54) is 10.5 Å². The van der Waals surface area contributed by atoms with Gasteiger partial charge in [0.05, 0.1) is 0 Å². The number of benzene rings is 1. The highest BCUT2D eigenvalue weighted by atomic mass is 16.3. The number of hydrogen-bond acceptors (Lipinski definition) is 3. The largest absolute Gasteiger partial charge is 0.382 e. The lowest BCUT2D eigenvalue weighted by atomic mass is 9.97. The number of nitrogens with two attached hydrogens (primary N) is 1. The predicted octanol–water partition coefficient (Wildman–Crippen LogP) is 1.48. The van der Waals surface area contributed by atoms with E-state index in [9.17, 15) is 9.90 Å². The molecule has 1 rings (SSSR count). The van der Waals surface area contributed by atoms with Gasteiger partial charge in [-0.05, 0) is 23.5 Å². The highest BCUT2D eigenvalue weighted by Gasteiger charge is 2.17. The minimum atomic E-state index is -1.11. The summed E-state index contributed by atoms with van der Waals surface area (Å²) >= 11 is 0. The number of carbonyl (C=O) groups is 1. The first kappa shape index (κ1) is 15.7. The van der Waals surface area contributed by atoms with Crippen molar-refractivity contribution in [2.24, 2.45) is 5.73 Å². The Morgan fingerprint density at radius 3 is 2.42 bits per heavy atom. The molecule has 0 aromatic heterocycles. The Bertz CT molecular complexity index is 403. The molecular formula is C15H24N2O2. The maximum absolute atomic E-state index is 11.7. The van der Waals surface area contributed by atoms with Gasteiger partial charge in [-0.25, -0.2) is 0 Å². The molecule has 4 heteroatoms. The summed E-state index contributed by atoms with van der Waals surface area (Å²) in [6.07, 6.45) is 0.00449. The fraction of sp³-hybridized carbons (Fsp3) is 0.533. The van der Waals surface area contributed by atoms with Crippen molar-refractivity contribution in [2.45, 2.75) is 38.8 Å². The summed E-state index contributed by atoms with van der Waals surface area (Å²) in [7, 11) is 1.67. The summed E-state index contributed by atoms with van der Waals surface area (Å²) in [5, 5.41) is 9.41. The monoisotopic (exact) mass is 264 g/mol. The average molecular weight is 264 g/mol. The van der Waals surface area contributed by atoms with Gasteiger partial charge in [-0.1, -0.05) is 38.1 Å². The molecule has 0 fully saturated rings. The van der Waals surface area contributed by atoms with Crippen LogP contribution in [0.1, 0.15) is 37.3 Å². The highest BCUT2D eigenvalue weighted by molar-refractivity contribution is 5.80. The van der Waals surface area contributed by atoms with Crippen LogP contribution >= 0.6 is 0 Å². The van der Waals surface area contributed by atoms with E-state index in [0.29, 0.717) is 12.5 Å². The number of carbonyl (C=O) groups excluding carboxylic acids is 1. The molecule has 0 heterocycles. The van der Waals surface area contributed by atoms with Crippen LogP contribution in [0.4, 0.5) is 0 Å². The third kappa shape index (κ3) is 4.33. The van der Waals surface area contributed by atoms with E-state index in [1.54, 1.807) is 7.05 Å². The Kier molecular flexibility index (Phi) is 5.99. The van der Waals surface area contributed by atoms with Gasteiger partial charge < -0.3 is 15.7 Å². The average Bonchev–Trinajstić information content (AvgIpc) is 2.45. The van der Waals surface area contributed by atoms with Crippen LogP contribution in [0.15, 0.2) is 24.3 Å². The molecule has 0 aliphatic carbocycles. The van der Waals surface area contributed by atoms with E-state index in [-0.39, 0.29) is 12.5 Å². The van der Waals surface area contributed by atoms with Crippen molar-refractivity contribution in [1.82, 2.24) is 4.90 Å². The SMILES string of the molecule is CCC(C)c1ccc(CN(C)C(=O)C(O)CN)cc1. The number of likely N-dealkylation sites (N-methyl/N-ethyl adjacent to an activating group) is 1. The number of aliphatic hydroxyl groups is 1. The van der Waals surface area contributed by atoms with Crippen molar-refractivity contribution in [3.63, 3.8) is 0 Å². The molecule has 1 aromatic carbocycles. The fourth-order valence-corrected chi connectivity index (χ4v) is 1.89. The lowest BCUT2D eigenvalue weighted by Gasteiger charge is -2.20. The Morgan fingerprint density at radius 2 is 1.95 bits per heavy atom. The zero-order valence-electron chi connectivity index (χ0n) is 12.0. The van der Waals surface area contributed by atoms with E-state index in [4.69, 9.17) is 5.73 Å². The first-order chi connectivity index (χ1) is 8.99.